The number of hydrogen-bond acceptors (Lipinski definition) is 6. The van der Waals surface area contributed by atoms with E-state index in [1.165, 1.54) is 17.0 Å². The Morgan fingerprint density at radius 1 is 1.06 bits per heavy atom. The number of rotatable bonds is 7. The van der Waals surface area contributed by atoms with Crippen LogP contribution in [0.15, 0.2) is 36.4 Å². The van der Waals surface area contributed by atoms with Crippen LogP contribution in [0.2, 0.25) is 0 Å². The van der Waals surface area contributed by atoms with E-state index in [-0.39, 0.29) is 42.5 Å². The van der Waals surface area contributed by atoms with Crippen molar-refractivity contribution >= 4 is 17.7 Å². The third kappa shape index (κ3) is 4.25. The Hall–Kier alpha value is -3.39. The zero-order valence-electron chi connectivity index (χ0n) is 17.5. The first kappa shape index (κ1) is 20.9. The summed E-state index contributed by atoms with van der Waals surface area (Å²) in [5.74, 6) is 0.171. The number of methoxy groups -OCH3 is 2. The van der Waals surface area contributed by atoms with E-state index in [0.29, 0.717) is 29.2 Å². The molecule has 8 nitrogen and oxygen atoms in total. The zero-order valence-corrected chi connectivity index (χ0v) is 17.5. The second kappa shape index (κ2) is 8.77. The lowest BCUT2D eigenvalue weighted by Crippen LogP contribution is -2.36. The van der Waals surface area contributed by atoms with E-state index in [4.69, 9.17) is 14.2 Å². The highest BCUT2D eigenvalue weighted by molar-refractivity contribution is 6.22. The first-order chi connectivity index (χ1) is 15.0. The van der Waals surface area contributed by atoms with Gasteiger partial charge in [-0.15, -0.1) is 0 Å². The summed E-state index contributed by atoms with van der Waals surface area (Å²) in [5, 5.41) is 2.83. The molecule has 0 saturated carbocycles. The molecule has 1 fully saturated rings. The number of nitrogens with one attached hydrogen (secondary N) is 1. The van der Waals surface area contributed by atoms with Crippen LogP contribution in [0.1, 0.15) is 49.5 Å². The summed E-state index contributed by atoms with van der Waals surface area (Å²) in [4.78, 5) is 39.3. The van der Waals surface area contributed by atoms with Gasteiger partial charge in [-0.25, -0.2) is 0 Å². The topological polar surface area (TPSA) is 94.2 Å². The van der Waals surface area contributed by atoms with Crippen molar-refractivity contribution in [1.82, 2.24) is 10.2 Å². The average Bonchev–Trinajstić information content (AvgIpc) is 3.40. The van der Waals surface area contributed by atoms with Crippen LogP contribution in [0.5, 0.6) is 11.5 Å². The maximum atomic E-state index is 12.8. The lowest BCUT2D eigenvalue weighted by atomic mass is 10.1. The predicted molar refractivity (Wildman–Crippen MR) is 111 cm³/mol. The quantitative estimate of drug-likeness (QED) is 0.686. The predicted octanol–water partition coefficient (Wildman–Crippen LogP) is 2.41. The molecule has 2 aliphatic heterocycles. The Kier molecular flexibility index (Phi) is 5.90. The number of ether oxygens (including phenoxy) is 3. The van der Waals surface area contributed by atoms with Gasteiger partial charge in [-0.05, 0) is 48.7 Å². The van der Waals surface area contributed by atoms with Gasteiger partial charge >= 0.3 is 0 Å². The largest absolute Gasteiger partial charge is 0.497 e. The van der Waals surface area contributed by atoms with Crippen molar-refractivity contribution in [3.05, 3.63) is 58.7 Å². The van der Waals surface area contributed by atoms with Crippen molar-refractivity contribution in [1.29, 1.82) is 0 Å². The molecule has 0 bridgehead atoms. The van der Waals surface area contributed by atoms with Gasteiger partial charge in [0.15, 0.2) is 0 Å². The van der Waals surface area contributed by atoms with Crippen molar-refractivity contribution in [2.45, 2.75) is 25.5 Å². The Morgan fingerprint density at radius 2 is 1.77 bits per heavy atom. The first-order valence-corrected chi connectivity index (χ1v) is 10.1. The van der Waals surface area contributed by atoms with Crippen LogP contribution < -0.4 is 14.8 Å². The summed E-state index contributed by atoms with van der Waals surface area (Å²) >= 11 is 0. The summed E-state index contributed by atoms with van der Waals surface area (Å²) < 4.78 is 16.0. The van der Waals surface area contributed by atoms with Gasteiger partial charge in [0.2, 0.25) is 0 Å². The minimum Gasteiger partial charge on any atom is -0.497 e. The number of imide groups is 1. The molecule has 0 radical (unpaired) electrons. The summed E-state index contributed by atoms with van der Waals surface area (Å²) in [6.07, 6.45) is 1.64. The summed E-state index contributed by atoms with van der Waals surface area (Å²) in [5.41, 5.74) is 1.68. The molecule has 162 valence electrons. The Balaban J connectivity index is 1.46. The molecule has 0 aliphatic carbocycles. The molecule has 1 saturated heterocycles. The van der Waals surface area contributed by atoms with E-state index in [1.54, 1.807) is 38.5 Å². The Morgan fingerprint density at radius 3 is 2.42 bits per heavy atom. The SMILES string of the molecule is COc1cc(CNC(=O)c2ccc3c(c2)C(=O)N(CC2CCCO2)C3=O)cc(OC)c1. The molecule has 2 heterocycles. The number of benzene rings is 2. The van der Waals surface area contributed by atoms with Gasteiger partial charge in [-0.3, -0.25) is 19.3 Å². The fourth-order valence-electron chi connectivity index (χ4n) is 3.84. The van der Waals surface area contributed by atoms with Crippen LogP contribution in [-0.4, -0.2) is 56.1 Å². The van der Waals surface area contributed by atoms with Gasteiger partial charge in [0.05, 0.1) is 38.0 Å². The van der Waals surface area contributed by atoms with E-state index >= 15 is 0 Å². The third-order valence-electron chi connectivity index (χ3n) is 5.51. The molecule has 1 atom stereocenters. The molecule has 3 amide bonds. The molecule has 1 N–H and O–H groups in total. The van der Waals surface area contributed by atoms with Crippen LogP contribution in [0, 0.1) is 0 Å². The minimum absolute atomic E-state index is 0.121. The normalized spacial score (nSPS) is 17.6. The van der Waals surface area contributed by atoms with Crippen LogP contribution in [0.25, 0.3) is 0 Å². The molecular weight excluding hydrogens is 400 g/mol. The van der Waals surface area contributed by atoms with Gasteiger partial charge in [0, 0.05) is 24.8 Å². The Bertz CT molecular complexity index is 1010. The van der Waals surface area contributed by atoms with Gasteiger partial charge in [0.25, 0.3) is 17.7 Å². The fraction of sp³-hybridized carbons (Fsp3) is 0.348. The fourth-order valence-corrected chi connectivity index (χ4v) is 3.84. The average molecular weight is 424 g/mol. The third-order valence-corrected chi connectivity index (χ3v) is 5.51. The molecule has 2 aromatic carbocycles. The van der Waals surface area contributed by atoms with Gasteiger partial charge in [-0.2, -0.15) is 0 Å². The van der Waals surface area contributed by atoms with Crippen molar-refractivity contribution in [3.8, 4) is 11.5 Å². The number of amides is 3. The molecule has 1 unspecified atom stereocenters. The van der Waals surface area contributed by atoms with Crippen LogP contribution in [0.3, 0.4) is 0 Å². The van der Waals surface area contributed by atoms with Gasteiger partial charge in [-0.1, -0.05) is 0 Å². The molecule has 2 aliphatic rings. The minimum atomic E-state index is -0.386. The summed E-state index contributed by atoms with van der Waals surface area (Å²) in [6.45, 7) is 1.14. The number of carbonyl (C=O) groups is 3. The number of hydrogen-bond donors (Lipinski definition) is 1. The van der Waals surface area contributed by atoms with E-state index in [9.17, 15) is 14.4 Å². The van der Waals surface area contributed by atoms with Crippen LogP contribution in [-0.2, 0) is 11.3 Å². The van der Waals surface area contributed by atoms with Gasteiger partial charge in [0.1, 0.15) is 11.5 Å². The zero-order chi connectivity index (χ0) is 22.0. The standard InChI is InChI=1S/C23H24N2O6/c1-29-17-8-14(9-18(11-17)30-2)12-24-21(26)15-5-6-19-20(10-15)23(28)25(22(19)27)13-16-4-3-7-31-16/h5-6,8-11,16H,3-4,7,12-13H2,1-2H3,(H,24,26). The number of fused-ring (bicyclic) bond motifs is 1. The Labute approximate surface area is 180 Å². The van der Waals surface area contributed by atoms with Crippen LogP contribution >= 0.6 is 0 Å². The number of carbonyl (C=O) groups excluding carboxylic acids is 3. The number of nitrogens with zero attached hydrogens (tertiary/aromatic N) is 1. The lowest BCUT2D eigenvalue weighted by molar-refractivity contribution is 0.0475. The smallest absolute Gasteiger partial charge is 0.261 e. The van der Waals surface area contributed by atoms with E-state index in [2.05, 4.69) is 5.32 Å². The van der Waals surface area contributed by atoms with E-state index in [1.807, 2.05) is 0 Å². The maximum absolute atomic E-state index is 12.8. The molecule has 8 heteroatoms. The highest BCUT2D eigenvalue weighted by Crippen LogP contribution is 2.26. The second-order valence-corrected chi connectivity index (χ2v) is 7.52. The van der Waals surface area contributed by atoms with Crippen molar-refractivity contribution in [2.24, 2.45) is 0 Å². The lowest BCUT2D eigenvalue weighted by Gasteiger charge is -2.17. The van der Waals surface area contributed by atoms with Crippen molar-refractivity contribution in [2.75, 3.05) is 27.4 Å². The maximum Gasteiger partial charge on any atom is 0.261 e. The monoisotopic (exact) mass is 424 g/mol. The van der Waals surface area contributed by atoms with Gasteiger partial charge < -0.3 is 19.5 Å². The highest BCUT2D eigenvalue weighted by atomic mass is 16.5. The van der Waals surface area contributed by atoms with E-state index < -0.39 is 0 Å². The molecule has 0 aromatic heterocycles. The second-order valence-electron chi connectivity index (χ2n) is 7.52. The highest BCUT2D eigenvalue weighted by Gasteiger charge is 2.37. The summed E-state index contributed by atoms with van der Waals surface area (Å²) in [7, 11) is 3.12. The van der Waals surface area contributed by atoms with Crippen LogP contribution in [0.4, 0.5) is 0 Å². The molecule has 2 aromatic rings. The molecule has 0 spiro atoms. The summed E-state index contributed by atoms with van der Waals surface area (Å²) in [6, 6.07) is 9.92. The van der Waals surface area contributed by atoms with Crippen molar-refractivity contribution in [3.63, 3.8) is 0 Å². The van der Waals surface area contributed by atoms with E-state index in [0.717, 1.165) is 18.4 Å². The van der Waals surface area contributed by atoms with Crippen molar-refractivity contribution < 1.29 is 28.6 Å². The molecule has 4 rings (SSSR count). The molecule has 31 heavy (non-hydrogen) atoms. The molecular formula is C23H24N2O6. The first-order valence-electron chi connectivity index (χ1n) is 10.1.